The van der Waals surface area contributed by atoms with E-state index in [0.717, 1.165) is 115 Å². The molecule has 88 heavy (non-hydrogen) atoms. The van der Waals surface area contributed by atoms with Gasteiger partial charge in [-0.2, -0.15) is 0 Å². The Balaban J connectivity index is 5.22. The van der Waals surface area contributed by atoms with Gasteiger partial charge in [-0.1, -0.05) is 287 Å². The summed E-state index contributed by atoms with van der Waals surface area (Å²) in [5, 5.41) is 10.6. The van der Waals surface area contributed by atoms with Gasteiger partial charge in [-0.05, 0) is 49.4 Å². The van der Waals surface area contributed by atoms with Crippen LogP contribution in [0.25, 0.3) is 0 Å². The highest BCUT2D eigenvalue weighted by Gasteiger charge is 2.30. The molecule has 0 aromatic carbocycles. The Morgan fingerprint density at radius 2 is 0.545 bits per heavy atom. The molecule has 3 N–H and O–H groups in total. The third-order valence-corrected chi connectivity index (χ3v) is 18.1. The van der Waals surface area contributed by atoms with Crippen LogP contribution in [-0.4, -0.2) is 96.7 Å². The lowest BCUT2D eigenvalue weighted by Crippen LogP contribution is -2.30. The SMILES string of the molecule is CCC(C)CCCCCCCCCCC(=O)O[C@H](COC(=O)CCCCCCCCCC(C)C)COP(=O)(O)OC[C@@H](O)COP(=O)(O)OC[C@@H](COC(=O)CCCCCCCCC(C)C)OC(=O)CCCCCCCCCCCCCCCCC(C)C. The summed E-state index contributed by atoms with van der Waals surface area (Å²) in [4.78, 5) is 72.4. The number of phosphoric acid groups is 2. The van der Waals surface area contributed by atoms with Crippen LogP contribution in [0.1, 0.15) is 338 Å². The molecule has 0 rings (SSSR count). The van der Waals surface area contributed by atoms with Crippen LogP contribution in [0.2, 0.25) is 0 Å². The Bertz CT molecular complexity index is 1750. The number of aliphatic hydroxyl groups is 1. The van der Waals surface area contributed by atoms with Crippen LogP contribution in [0.5, 0.6) is 0 Å². The predicted octanol–water partition coefficient (Wildman–Crippen LogP) is 19.3. The van der Waals surface area contributed by atoms with Crippen molar-refractivity contribution in [2.45, 2.75) is 356 Å². The van der Waals surface area contributed by atoms with Crippen LogP contribution in [0.15, 0.2) is 0 Å². The van der Waals surface area contributed by atoms with Gasteiger partial charge in [0.05, 0.1) is 26.4 Å². The van der Waals surface area contributed by atoms with Crippen molar-refractivity contribution in [3.63, 3.8) is 0 Å². The van der Waals surface area contributed by atoms with E-state index in [1.54, 1.807) is 0 Å². The number of phosphoric ester groups is 2. The number of carbonyl (C=O) groups excluding carboxylic acids is 4. The first-order valence-corrected chi connectivity index (χ1v) is 38.7. The molecular weight excluding hydrogens is 1160 g/mol. The summed E-state index contributed by atoms with van der Waals surface area (Å²) in [6, 6.07) is 0. The fraction of sp³-hybridized carbons (Fsp3) is 0.942. The quantitative estimate of drug-likeness (QED) is 0.0222. The van der Waals surface area contributed by atoms with Crippen molar-refractivity contribution in [2.24, 2.45) is 23.7 Å². The Kier molecular flexibility index (Phi) is 57.6. The molecule has 522 valence electrons. The number of unbranched alkanes of at least 4 members (excludes halogenated alkanes) is 31. The lowest BCUT2D eigenvalue weighted by molar-refractivity contribution is -0.161. The van der Waals surface area contributed by atoms with Crippen molar-refractivity contribution in [1.29, 1.82) is 0 Å². The van der Waals surface area contributed by atoms with Crippen LogP contribution in [0, 0.1) is 23.7 Å². The van der Waals surface area contributed by atoms with Gasteiger partial charge < -0.3 is 33.8 Å². The molecule has 6 atom stereocenters. The van der Waals surface area contributed by atoms with E-state index in [1.807, 2.05) is 0 Å². The van der Waals surface area contributed by atoms with Crippen LogP contribution >= 0.6 is 15.6 Å². The second-order valence-electron chi connectivity index (χ2n) is 26.6. The van der Waals surface area contributed by atoms with E-state index in [-0.39, 0.29) is 25.7 Å². The summed E-state index contributed by atoms with van der Waals surface area (Å²) in [6.07, 6.45) is 40.5. The summed E-state index contributed by atoms with van der Waals surface area (Å²) in [6.45, 7) is 14.0. The minimum Gasteiger partial charge on any atom is -0.462 e. The van der Waals surface area contributed by atoms with Gasteiger partial charge in [-0.3, -0.25) is 37.3 Å². The molecule has 3 unspecified atom stereocenters. The van der Waals surface area contributed by atoms with Crippen molar-refractivity contribution in [3.05, 3.63) is 0 Å². The maximum Gasteiger partial charge on any atom is 0.472 e. The summed E-state index contributed by atoms with van der Waals surface area (Å²) in [5.41, 5.74) is 0. The van der Waals surface area contributed by atoms with Gasteiger partial charge in [-0.15, -0.1) is 0 Å². The Morgan fingerprint density at radius 1 is 0.318 bits per heavy atom. The molecule has 19 heteroatoms. The molecule has 0 saturated heterocycles. The smallest absolute Gasteiger partial charge is 0.462 e. The number of esters is 4. The van der Waals surface area contributed by atoms with Gasteiger partial charge in [0.2, 0.25) is 0 Å². The lowest BCUT2D eigenvalue weighted by Gasteiger charge is -2.21. The third kappa shape index (κ3) is 61.6. The molecule has 0 amide bonds. The molecule has 0 heterocycles. The minimum atomic E-state index is -4.95. The molecule has 0 spiro atoms. The molecule has 0 aromatic rings. The molecule has 0 saturated carbocycles. The van der Waals surface area contributed by atoms with E-state index in [2.05, 4.69) is 55.4 Å². The third-order valence-electron chi connectivity index (χ3n) is 16.2. The first-order chi connectivity index (χ1) is 42.1. The Morgan fingerprint density at radius 3 is 0.807 bits per heavy atom. The number of ether oxygens (including phenoxy) is 4. The number of hydrogen-bond donors (Lipinski definition) is 3. The number of hydrogen-bond acceptors (Lipinski definition) is 15. The van der Waals surface area contributed by atoms with Gasteiger partial charge in [0.1, 0.15) is 19.3 Å². The van der Waals surface area contributed by atoms with Crippen molar-refractivity contribution in [1.82, 2.24) is 0 Å². The van der Waals surface area contributed by atoms with Crippen molar-refractivity contribution in [2.75, 3.05) is 39.6 Å². The topological polar surface area (TPSA) is 237 Å². The molecule has 0 aliphatic heterocycles. The van der Waals surface area contributed by atoms with E-state index in [0.29, 0.717) is 37.5 Å². The summed E-state index contributed by atoms with van der Waals surface area (Å²) >= 11 is 0. The van der Waals surface area contributed by atoms with E-state index in [4.69, 9.17) is 37.0 Å². The standard InChI is InChI=1S/C69H134O17P2/c1-9-62(8)48-40-32-23-18-19-25-36-44-52-69(74)86-64(55-79-66(71)49-41-33-26-20-22-30-38-46-60(4)5)57-83-87(75,76)81-53-63(70)54-82-88(77,78)84-58-65(56-80-67(72)50-42-34-28-27-31-39-47-61(6)7)85-68(73)51-43-35-24-17-15-13-11-10-12-14-16-21-29-37-45-59(2)3/h59-65,70H,9-58H2,1-8H3,(H,75,76)(H,77,78)/t62?,63-,64-,65-/m1/s1. The number of rotatable bonds is 66. The maximum atomic E-state index is 13.0. The lowest BCUT2D eigenvalue weighted by atomic mass is 9.99. The largest absolute Gasteiger partial charge is 0.472 e. The molecule has 0 radical (unpaired) electrons. The van der Waals surface area contributed by atoms with Crippen molar-refractivity contribution in [3.8, 4) is 0 Å². The number of carbonyl (C=O) groups is 4. The second-order valence-corrected chi connectivity index (χ2v) is 29.5. The zero-order valence-electron chi connectivity index (χ0n) is 57.3. The molecule has 0 aliphatic rings. The summed E-state index contributed by atoms with van der Waals surface area (Å²) in [5.74, 6) is 0.814. The first kappa shape index (κ1) is 86.1. The highest BCUT2D eigenvalue weighted by Crippen LogP contribution is 2.45. The monoisotopic (exact) mass is 1300 g/mol. The Labute approximate surface area is 537 Å². The second kappa shape index (κ2) is 58.8. The van der Waals surface area contributed by atoms with Crippen LogP contribution in [0.3, 0.4) is 0 Å². The fourth-order valence-electron chi connectivity index (χ4n) is 10.3. The van der Waals surface area contributed by atoms with E-state index < -0.39 is 97.5 Å². The molecule has 17 nitrogen and oxygen atoms in total. The average molecular weight is 1300 g/mol. The first-order valence-electron chi connectivity index (χ1n) is 35.7. The highest BCUT2D eigenvalue weighted by molar-refractivity contribution is 7.47. The zero-order chi connectivity index (χ0) is 65.4. The summed E-state index contributed by atoms with van der Waals surface area (Å²) in [7, 11) is -9.90. The van der Waals surface area contributed by atoms with Crippen LogP contribution in [-0.2, 0) is 65.4 Å². The van der Waals surface area contributed by atoms with Crippen molar-refractivity contribution < 1.29 is 80.2 Å². The van der Waals surface area contributed by atoms with Crippen molar-refractivity contribution >= 4 is 39.5 Å². The van der Waals surface area contributed by atoms with E-state index in [1.165, 1.54) is 128 Å². The minimum absolute atomic E-state index is 0.104. The highest BCUT2D eigenvalue weighted by atomic mass is 31.2. The predicted molar refractivity (Wildman–Crippen MR) is 354 cm³/mol. The maximum absolute atomic E-state index is 13.0. The van der Waals surface area contributed by atoms with Gasteiger partial charge >= 0.3 is 39.5 Å². The Hall–Kier alpha value is -1.94. The number of aliphatic hydroxyl groups excluding tert-OH is 1. The molecule has 0 bridgehead atoms. The fourth-order valence-corrected chi connectivity index (χ4v) is 11.9. The van der Waals surface area contributed by atoms with Crippen LogP contribution < -0.4 is 0 Å². The van der Waals surface area contributed by atoms with E-state index >= 15 is 0 Å². The van der Waals surface area contributed by atoms with Gasteiger partial charge in [0.15, 0.2) is 12.2 Å². The zero-order valence-corrected chi connectivity index (χ0v) is 59.1. The normalized spacial score (nSPS) is 14.6. The average Bonchev–Trinajstić information content (AvgIpc) is 3.64. The van der Waals surface area contributed by atoms with E-state index in [9.17, 15) is 43.2 Å². The molecule has 0 aromatic heterocycles. The van der Waals surface area contributed by atoms with Crippen LogP contribution in [0.4, 0.5) is 0 Å². The van der Waals surface area contributed by atoms with Gasteiger partial charge in [-0.25, -0.2) is 9.13 Å². The van der Waals surface area contributed by atoms with Gasteiger partial charge in [0, 0.05) is 25.7 Å². The molecule has 0 aliphatic carbocycles. The molecule has 0 fully saturated rings. The molecular formula is C69H134O17P2. The van der Waals surface area contributed by atoms with Gasteiger partial charge in [0.25, 0.3) is 0 Å². The summed E-state index contributed by atoms with van der Waals surface area (Å²) < 4.78 is 68.2.